The number of halogens is 1. The molecular formula is C16H13IN2O2. The van der Waals surface area contributed by atoms with Crippen LogP contribution in [0.15, 0.2) is 42.5 Å². The van der Waals surface area contributed by atoms with E-state index in [1.54, 1.807) is 7.11 Å². The van der Waals surface area contributed by atoms with Crippen LogP contribution in [0.5, 0.6) is 5.75 Å². The molecule has 0 radical (unpaired) electrons. The highest BCUT2D eigenvalue weighted by atomic mass is 127. The number of hydrogen-bond donors (Lipinski definition) is 0. The summed E-state index contributed by atoms with van der Waals surface area (Å²) >= 11 is 2.23. The normalized spacial score (nSPS) is 10.8. The number of methoxy groups -OCH3 is 1. The van der Waals surface area contributed by atoms with E-state index >= 15 is 0 Å². The fraction of sp³-hybridized carbons (Fsp3) is 0.125. The molecule has 3 rings (SSSR count). The molecule has 0 unspecified atom stereocenters. The quantitative estimate of drug-likeness (QED) is 0.381. The largest absolute Gasteiger partial charge is 0.710 e. The number of ether oxygens (including phenoxy) is 1. The summed E-state index contributed by atoms with van der Waals surface area (Å²) in [5, 5.41) is 13.4. The monoisotopic (exact) mass is 392 g/mol. The van der Waals surface area contributed by atoms with E-state index in [1.807, 2.05) is 49.4 Å². The number of benzene rings is 2. The molecule has 0 spiro atoms. The van der Waals surface area contributed by atoms with Gasteiger partial charge >= 0.3 is 5.82 Å². The summed E-state index contributed by atoms with van der Waals surface area (Å²) in [5.41, 5.74) is 2.25. The molecule has 0 saturated heterocycles. The molecule has 0 N–H and O–H groups in total. The van der Waals surface area contributed by atoms with Gasteiger partial charge in [-0.15, -0.1) is 0 Å². The Balaban J connectivity index is 2.22. The van der Waals surface area contributed by atoms with Crippen LogP contribution in [0.4, 0.5) is 0 Å². The maximum absolute atomic E-state index is 12.5. The molecule has 0 atom stereocenters. The van der Waals surface area contributed by atoms with Gasteiger partial charge in [0.1, 0.15) is 11.4 Å². The van der Waals surface area contributed by atoms with Crippen LogP contribution in [0.2, 0.25) is 0 Å². The summed E-state index contributed by atoms with van der Waals surface area (Å²) in [6.45, 7) is 1.82. The van der Waals surface area contributed by atoms with Gasteiger partial charge < -0.3 is 9.94 Å². The minimum Gasteiger partial charge on any atom is -0.710 e. The first-order chi connectivity index (χ1) is 10.1. The van der Waals surface area contributed by atoms with Crippen LogP contribution in [0.3, 0.4) is 0 Å². The van der Waals surface area contributed by atoms with Gasteiger partial charge in [0.05, 0.1) is 18.1 Å². The maximum Gasteiger partial charge on any atom is 0.334 e. The Hall–Kier alpha value is -1.89. The standard InChI is InChI=1S/C16H13IN2O2/c1-10-14-9-12(17)5-8-15(14)18-16(19(10)20)11-3-6-13(21-2)7-4-11/h3-9H,1-2H3. The molecular weight excluding hydrogens is 379 g/mol. The van der Waals surface area contributed by atoms with Crippen molar-refractivity contribution in [1.82, 2.24) is 4.98 Å². The number of aryl methyl sites for hydroxylation is 1. The van der Waals surface area contributed by atoms with Gasteiger partial charge in [-0.2, -0.15) is 0 Å². The zero-order valence-electron chi connectivity index (χ0n) is 11.6. The fourth-order valence-corrected chi connectivity index (χ4v) is 2.74. The van der Waals surface area contributed by atoms with Gasteiger partial charge in [0.15, 0.2) is 5.52 Å². The van der Waals surface area contributed by atoms with Crippen LogP contribution in [0.1, 0.15) is 5.69 Å². The van der Waals surface area contributed by atoms with Crippen LogP contribution < -0.4 is 9.47 Å². The van der Waals surface area contributed by atoms with Crippen molar-refractivity contribution in [2.45, 2.75) is 6.92 Å². The number of aromatic nitrogens is 2. The Kier molecular flexibility index (Phi) is 3.67. The smallest absolute Gasteiger partial charge is 0.334 e. The van der Waals surface area contributed by atoms with E-state index in [0.717, 1.165) is 30.5 Å². The van der Waals surface area contributed by atoms with Crippen molar-refractivity contribution in [2.75, 3.05) is 7.11 Å². The zero-order valence-corrected chi connectivity index (χ0v) is 13.8. The zero-order chi connectivity index (χ0) is 15.0. The third kappa shape index (κ3) is 2.53. The lowest BCUT2D eigenvalue weighted by molar-refractivity contribution is -0.601. The summed E-state index contributed by atoms with van der Waals surface area (Å²) in [5.74, 6) is 1.16. The highest BCUT2D eigenvalue weighted by molar-refractivity contribution is 14.1. The van der Waals surface area contributed by atoms with Gasteiger partial charge in [-0.25, -0.2) is 4.73 Å². The Bertz CT molecular complexity index is 817. The first-order valence-corrected chi connectivity index (χ1v) is 7.52. The lowest BCUT2D eigenvalue weighted by Crippen LogP contribution is -2.34. The van der Waals surface area contributed by atoms with Gasteiger partial charge in [0, 0.05) is 3.57 Å². The molecule has 1 aromatic heterocycles. The average Bonchev–Trinajstić information content (AvgIpc) is 2.51. The number of hydrogen-bond acceptors (Lipinski definition) is 3. The van der Waals surface area contributed by atoms with E-state index in [1.165, 1.54) is 0 Å². The molecule has 5 heteroatoms. The van der Waals surface area contributed by atoms with Crippen LogP contribution in [-0.4, -0.2) is 12.1 Å². The Morgan fingerprint density at radius 3 is 2.52 bits per heavy atom. The summed E-state index contributed by atoms with van der Waals surface area (Å²) in [4.78, 5) is 4.51. The lowest BCUT2D eigenvalue weighted by atomic mass is 10.1. The second-order valence-corrected chi connectivity index (χ2v) is 5.95. The molecule has 3 aromatic rings. The molecule has 21 heavy (non-hydrogen) atoms. The van der Waals surface area contributed by atoms with Crippen LogP contribution in [0.25, 0.3) is 22.3 Å². The van der Waals surface area contributed by atoms with Gasteiger partial charge in [0.2, 0.25) is 0 Å². The molecule has 0 fully saturated rings. The van der Waals surface area contributed by atoms with E-state index in [-0.39, 0.29) is 0 Å². The first kappa shape index (κ1) is 14.1. The summed E-state index contributed by atoms with van der Waals surface area (Å²) in [6.07, 6.45) is 0. The van der Waals surface area contributed by atoms with Crippen molar-refractivity contribution in [3.63, 3.8) is 0 Å². The van der Waals surface area contributed by atoms with E-state index in [4.69, 9.17) is 4.74 Å². The van der Waals surface area contributed by atoms with Crippen molar-refractivity contribution in [3.8, 4) is 17.1 Å². The third-order valence-electron chi connectivity index (χ3n) is 3.42. The minimum atomic E-state index is 0.406. The Morgan fingerprint density at radius 1 is 1.14 bits per heavy atom. The lowest BCUT2D eigenvalue weighted by Gasteiger charge is -2.11. The molecule has 1 heterocycles. The molecule has 0 amide bonds. The predicted octanol–water partition coefficient (Wildman–Crippen LogP) is 3.46. The SMILES string of the molecule is COc1ccc(-c2nc3ccc(I)cc3c(C)[n+]2[O-])cc1. The van der Waals surface area contributed by atoms with Gasteiger partial charge in [-0.3, -0.25) is 0 Å². The molecule has 0 aliphatic carbocycles. The highest BCUT2D eigenvalue weighted by Crippen LogP contribution is 2.23. The van der Waals surface area contributed by atoms with E-state index in [2.05, 4.69) is 27.6 Å². The van der Waals surface area contributed by atoms with Crippen molar-refractivity contribution in [1.29, 1.82) is 0 Å². The predicted molar refractivity (Wildman–Crippen MR) is 90.1 cm³/mol. The average molecular weight is 392 g/mol. The first-order valence-electron chi connectivity index (χ1n) is 6.44. The van der Waals surface area contributed by atoms with E-state index < -0.39 is 0 Å². The molecule has 2 aromatic carbocycles. The summed E-state index contributed by atoms with van der Waals surface area (Å²) in [6, 6.07) is 13.2. The van der Waals surface area contributed by atoms with Crippen LogP contribution in [0, 0.1) is 15.7 Å². The van der Waals surface area contributed by atoms with Crippen molar-refractivity contribution >= 4 is 33.5 Å². The molecule has 0 bridgehead atoms. The second-order valence-electron chi connectivity index (χ2n) is 4.71. The minimum absolute atomic E-state index is 0.406. The third-order valence-corrected chi connectivity index (χ3v) is 4.09. The van der Waals surface area contributed by atoms with Gasteiger partial charge in [-0.1, -0.05) is 0 Å². The highest BCUT2D eigenvalue weighted by Gasteiger charge is 2.17. The van der Waals surface area contributed by atoms with Gasteiger partial charge in [-0.05, 0) is 77.0 Å². The molecule has 4 nitrogen and oxygen atoms in total. The van der Waals surface area contributed by atoms with Crippen molar-refractivity contribution in [2.24, 2.45) is 0 Å². The fourth-order valence-electron chi connectivity index (χ4n) is 2.25. The van der Waals surface area contributed by atoms with E-state index in [0.29, 0.717) is 11.5 Å². The Labute approximate surface area is 136 Å². The van der Waals surface area contributed by atoms with Crippen LogP contribution >= 0.6 is 22.6 Å². The molecule has 0 aliphatic rings. The number of rotatable bonds is 2. The van der Waals surface area contributed by atoms with Crippen LogP contribution in [-0.2, 0) is 0 Å². The number of fused-ring (bicyclic) bond motifs is 1. The molecule has 0 aliphatic heterocycles. The molecule has 0 saturated carbocycles. The van der Waals surface area contributed by atoms with Crippen molar-refractivity contribution < 1.29 is 9.47 Å². The second kappa shape index (κ2) is 5.48. The Morgan fingerprint density at radius 2 is 1.86 bits per heavy atom. The number of nitrogens with zero attached hydrogens (tertiary/aromatic N) is 2. The topological polar surface area (TPSA) is 49.1 Å². The summed E-state index contributed by atoms with van der Waals surface area (Å²) in [7, 11) is 1.61. The molecule has 106 valence electrons. The maximum atomic E-state index is 12.5. The van der Waals surface area contributed by atoms with Crippen molar-refractivity contribution in [3.05, 3.63) is 56.9 Å². The van der Waals surface area contributed by atoms with E-state index in [9.17, 15) is 5.21 Å². The summed E-state index contributed by atoms with van der Waals surface area (Å²) < 4.78 is 7.11. The van der Waals surface area contributed by atoms with Gasteiger partial charge in [0.25, 0.3) is 0 Å².